The molecule has 0 saturated carbocycles. The molecule has 0 aliphatic heterocycles. The third kappa shape index (κ3) is 5.82. The van der Waals surface area contributed by atoms with Crippen molar-refractivity contribution in [1.82, 2.24) is 10.6 Å². The van der Waals surface area contributed by atoms with Crippen LogP contribution in [0.4, 0.5) is 8.78 Å². The van der Waals surface area contributed by atoms with Crippen LogP contribution in [0.5, 0.6) is 0 Å². The van der Waals surface area contributed by atoms with Crippen molar-refractivity contribution in [3.05, 3.63) is 34.4 Å². The molecule has 0 radical (unpaired) electrons. The highest BCUT2D eigenvalue weighted by molar-refractivity contribution is 6.30. The van der Waals surface area contributed by atoms with Crippen LogP contribution in [0, 0.1) is 11.6 Å². The van der Waals surface area contributed by atoms with Crippen molar-refractivity contribution in [3.63, 3.8) is 0 Å². The number of methoxy groups -OCH3 is 1. The molecule has 0 spiro atoms. The van der Waals surface area contributed by atoms with Gasteiger partial charge in [-0.05, 0) is 19.1 Å². The highest BCUT2D eigenvalue weighted by atomic mass is 35.5. The number of halogens is 3. The van der Waals surface area contributed by atoms with Crippen LogP contribution < -0.4 is 10.6 Å². The Hall–Kier alpha value is -0.750. The summed E-state index contributed by atoms with van der Waals surface area (Å²) in [5.41, 5.74) is 0.269. The van der Waals surface area contributed by atoms with Gasteiger partial charge < -0.3 is 15.4 Å². The van der Waals surface area contributed by atoms with E-state index in [1.807, 2.05) is 6.92 Å². The maximum atomic E-state index is 13.5. The predicted octanol–water partition coefficient (Wildman–Crippen LogP) is 2.33. The van der Waals surface area contributed by atoms with E-state index in [0.717, 1.165) is 25.2 Å². The van der Waals surface area contributed by atoms with Crippen LogP contribution in [0.25, 0.3) is 0 Å². The second-order valence-electron chi connectivity index (χ2n) is 4.34. The van der Waals surface area contributed by atoms with E-state index in [0.29, 0.717) is 6.61 Å². The van der Waals surface area contributed by atoms with Gasteiger partial charge in [-0.2, -0.15) is 0 Å². The molecule has 1 aromatic rings. The first-order chi connectivity index (χ1) is 9.04. The summed E-state index contributed by atoms with van der Waals surface area (Å²) in [6, 6.07) is 2.25. The summed E-state index contributed by atoms with van der Waals surface area (Å²) in [5, 5.41) is 6.09. The normalized spacial score (nSPS) is 12.7. The number of benzene rings is 1. The second-order valence-corrected chi connectivity index (χ2v) is 4.74. The molecule has 1 rings (SSSR count). The van der Waals surface area contributed by atoms with Gasteiger partial charge >= 0.3 is 0 Å². The summed E-state index contributed by atoms with van der Waals surface area (Å²) in [6.45, 7) is 4.34. The molecule has 2 N–H and O–H groups in total. The van der Waals surface area contributed by atoms with E-state index in [2.05, 4.69) is 10.6 Å². The van der Waals surface area contributed by atoms with Gasteiger partial charge in [0.25, 0.3) is 0 Å². The highest BCUT2D eigenvalue weighted by Crippen LogP contribution is 2.19. The zero-order chi connectivity index (χ0) is 14.3. The minimum absolute atomic E-state index is 0.134. The molecule has 3 nitrogen and oxygen atoms in total. The third-order valence-corrected chi connectivity index (χ3v) is 2.95. The molecule has 1 unspecified atom stereocenters. The van der Waals surface area contributed by atoms with Gasteiger partial charge in [-0.15, -0.1) is 0 Å². The first-order valence-electron chi connectivity index (χ1n) is 6.11. The molecular weight excluding hydrogens is 274 g/mol. The van der Waals surface area contributed by atoms with Crippen LogP contribution in [-0.4, -0.2) is 32.8 Å². The Kier molecular flexibility index (Phi) is 7.23. The largest absolute Gasteiger partial charge is 0.383 e. The Morgan fingerprint density at radius 2 is 2.05 bits per heavy atom. The van der Waals surface area contributed by atoms with Gasteiger partial charge in [-0.25, -0.2) is 8.78 Å². The van der Waals surface area contributed by atoms with Gasteiger partial charge in [0, 0.05) is 38.3 Å². The van der Waals surface area contributed by atoms with Gasteiger partial charge in [0.15, 0.2) is 0 Å². The summed E-state index contributed by atoms with van der Waals surface area (Å²) in [4.78, 5) is 0. The van der Waals surface area contributed by atoms with Crippen LogP contribution in [0.2, 0.25) is 5.02 Å². The SMILES string of the molecule is COCCNCC(C)NCc1cc(F)c(Cl)cc1F. The number of nitrogens with one attached hydrogen (secondary N) is 2. The molecule has 6 heteroatoms. The average molecular weight is 293 g/mol. The zero-order valence-corrected chi connectivity index (χ0v) is 11.9. The van der Waals surface area contributed by atoms with E-state index < -0.39 is 11.6 Å². The first kappa shape index (κ1) is 16.3. The van der Waals surface area contributed by atoms with Crippen molar-refractivity contribution in [1.29, 1.82) is 0 Å². The molecule has 1 aromatic carbocycles. The molecule has 0 aliphatic rings. The topological polar surface area (TPSA) is 33.3 Å². The van der Waals surface area contributed by atoms with Crippen LogP contribution in [-0.2, 0) is 11.3 Å². The van der Waals surface area contributed by atoms with Crippen molar-refractivity contribution in [2.24, 2.45) is 0 Å². The molecule has 0 aromatic heterocycles. The van der Waals surface area contributed by atoms with Gasteiger partial charge in [-0.3, -0.25) is 0 Å². The van der Waals surface area contributed by atoms with Gasteiger partial charge in [0.2, 0.25) is 0 Å². The summed E-state index contributed by atoms with van der Waals surface area (Å²) < 4.78 is 31.6. The molecular formula is C13H19ClF2N2O. The summed E-state index contributed by atoms with van der Waals surface area (Å²) in [6.07, 6.45) is 0. The summed E-state index contributed by atoms with van der Waals surface area (Å²) in [5.74, 6) is -1.11. The van der Waals surface area contributed by atoms with Crippen LogP contribution in [0.3, 0.4) is 0 Å². The Bertz CT molecular complexity index is 404. The lowest BCUT2D eigenvalue weighted by molar-refractivity contribution is 0.198. The summed E-state index contributed by atoms with van der Waals surface area (Å²) >= 11 is 5.49. The minimum Gasteiger partial charge on any atom is -0.383 e. The average Bonchev–Trinajstić information content (AvgIpc) is 2.37. The maximum absolute atomic E-state index is 13.5. The van der Waals surface area contributed by atoms with Crippen molar-refractivity contribution < 1.29 is 13.5 Å². The van der Waals surface area contributed by atoms with Crippen molar-refractivity contribution in [2.75, 3.05) is 26.8 Å². The molecule has 0 amide bonds. The predicted molar refractivity (Wildman–Crippen MR) is 72.4 cm³/mol. The Labute approximate surface area is 117 Å². The Morgan fingerprint density at radius 1 is 1.32 bits per heavy atom. The van der Waals surface area contributed by atoms with E-state index >= 15 is 0 Å². The molecule has 0 saturated heterocycles. The first-order valence-corrected chi connectivity index (χ1v) is 6.49. The van der Waals surface area contributed by atoms with Crippen molar-refractivity contribution >= 4 is 11.6 Å². The van der Waals surface area contributed by atoms with Gasteiger partial charge in [0.1, 0.15) is 11.6 Å². The van der Waals surface area contributed by atoms with E-state index in [1.165, 1.54) is 0 Å². The lowest BCUT2D eigenvalue weighted by Crippen LogP contribution is -2.37. The lowest BCUT2D eigenvalue weighted by atomic mass is 10.2. The maximum Gasteiger partial charge on any atom is 0.142 e. The number of ether oxygens (including phenoxy) is 1. The smallest absolute Gasteiger partial charge is 0.142 e. The fourth-order valence-electron chi connectivity index (χ4n) is 1.55. The van der Waals surface area contributed by atoms with Gasteiger partial charge in [-0.1, -0.05) is 11.6 Å². The molecule has 1 atom stereocenters. The Morgan fingerprint density at radius 3 is 2.74 bits per heavy atom. The van der Waals surface area contributed by atoms with E-state index in [9.17, 15) is 8.78 Å². The Balaban J connectivity index is 2.37. The molecule has 0 heterocycles. The monoisotopic (exact) mass is 292 g/mol. The molecule has 0 bridgehead atoms. The van der Waals surface area contributed by atoms with E-state index in [1.54, 1.807) is 7.11 Å². The number of hydrogen-bond acceptors (Lipinski definition) is 3. The lowest BCUT2D eigenvalue weighted by Gasteiger charge is -2.15. The summed E-state index contributed by atoms with van der Waals surface area (Å²) in [7, 11) is 1.64. The van der Waals surface area contributed by atoms with Crippen molar-refractivity contribution in [2.45, 2.75) is 19.5 Å². The van der Waals surface area contributed by atoms with Crippen molar-refractivity contribution in [3.8, 4) is 0 Å². The van der Waals surface area contributed by atoms with E-state index in [-0.39, 0.29) is 23.2 Å². The molecule has 108 valence electrons. The zero-order valence-electron chi connectivity index (χ0n) is 11.1. The molecule has 0 fully saturated rings. The fourth-order valence-corrected chi connectivity index (χ4v) is 1.70. The van der Waals surface area contributed by atoms with E-state index in [4.69, 9.17) is 16.3 Å². The number of hydrogen-bond donors (Lipinski definition) is 2. The third-order valence-electron chi connectivity index (χ3n) is 2.66. The standard InChI is InChI=1S/C13H19ClF2N2O/c1-9(7-17-3-4-19-2)18-8-10-5-13(16)11(14)6-12(10)15/h5-6,9,17-18H,3-4,7-8H2,1-2H3. The fraction of sp³-hybridized carbons (Fsp3) is 0.538. The molecule has 19 heavy (non-hydrogen) atoms. The van der Waals surface area contributed by atoms with Gasteiger partial charge in [0.05, 0.1) is 11.6 Å². The van der Waals surface area contributed by atoms with Crippen LogP contribution >= 0.6 is 11.6 Å². The highest BCUT2D eigenvalue weighted by Gasteiger charge is 2.09. The quantitative estimate of drug-likeness (QED) is 0.570. The minimum atomic E-state index is -0.606. The number of rotatable bonds is 8. The van der Waals surface area contributed by atoms with Crippen LogP contribution in [0.1, 0.15) is 12.5 Å². The van der Waals surface area contributed by atoms with Crippen LogP contribution in [0.15, 0.2) is 12.1 Å². The molecule has 0 aliphatic carbocycles. The second kappa shape index (κ2) is 8.43.